The second-order valence-corrected chi connectivity index (χ2v) is 5.06. The van der Waals surface area contributed by atoms with Gasteiger partial charge in [0.1, 0.15) is 5.82 Å². The molecule has 1 aromatic carbocycles. The molecule has 1 aromatic rings. The molecule has 1 atom stereocenters. The molecule has 2 nitrogen and oxygen atoms in total. The molecule has 1 fully saturated rings. The van der Waals surface area contributed by atoms with E-state index in [1.54, 1.807) is 6.07 Å². The van der Waals surface area contributed by atoms with E-state index in [9.17, 15) is 4.39 Å². The van der Waals surface area contributed by atoms with Gasteiger partial charge in [0.05, 0.1) is 0 Å². The zero-order chi connectivity index (χ0) is 11.8. The minimum absolute atomic E-state index is 0.0394. The average Bonchev–Trinajstić information content (AvgIpc) is 2.48. The zero-order valence-corrected chi connectivity index (χ0v) is 9.91. The Morgan fingerprint density at radius 2 is 2.12 bits per heavy atom. The Hall–Kier alpha value is -0.930. The molecule has 1 saturated heterocycles. The van der Waals surface area contributed by atoms with Crippen LogP contribution in [0, 0.1) is 5.82 Å². The Morgan fingerprint density at radius 3 is 2.69 bits per heavy atom. The fourth-order valence-electron chi connectivity index (χ4n) is 2.29. The Balaban J connectivity index is 2.14. The highest BCUT2D eigenvalue weighted by Gasteiger charge is 2.38. The number of likely N-dealkylation sites (tertiary alicyclic amines) is 1. The van der Waals surface area contributed by atoms with E-state index in [4.69, 9.17) is 5.73 Å². The largest absolute Gasteiger partial charge is 0.326 e. The van der Waals surface area contributed by atoms with Crippen molar-refractivity contribution >= 4 is 0 Å². The first-order valence-corrected chi connectivity index (χ1v) is 5.76. The Bertz CT molecular complexity index is 376. The van der Waals surface area contributed by atoms with Gasteiger partial charge in [-0.15, -0.1) is 0 Å². The van der Waals surface area contributed by atoms with E-state index in [1.165, 1.54) is 6.07 Å². The topological polar surface area (TPSA) is 29.3 Å². The molecule has 0 bridgehead atoms. The van der Waals surface area contributed by atoms with E-state index in [-0.39, 0.29) is 17.4 Å². The molecular formula is C13H19FN2. The number of hydrogen-bond acceptors (Lipinski definition) is 2. The van der Waals surface area contributed by atoms with Crippen molar-refractivity contribution in [3.05, 3.63) is 35.6 Å². The van der Waals surface area contributed by atoms with E-state index in [0.29, 0.717) is 6.54 Å². The molecule has 2 N–H and O–H groups in total. The molecule has 1 unspecified atom stereocenters. The smallest absolute Gasteiger partial charge is 0.127 e. The van der Waals surface area contributed by atoms with Gasteiger partial charge in [0.25, 0.3) is 0 Å². The van der Waals surface area contributed by atoms with Gasteiger partial charge in [-0.2, -0.15) is 0 Å². The van der Waals surface area contributed by atoms with Gasteiger partial charge in [0.15, 0.2) is 0 Å². The molecule has 1 aliphatic heterocycles. The second-order valence-electron chi connectivity index (χ2n) is 5.06. The molecule has 0 aromatic heterocycles. The molecule has 3 heteroatoms. The van der Waals surface area contributed by atoms with Crippen LogP contribution in [0.5, 0.6) is 0 Å². The van der Waals surface area contributed by atoms with Crippen LogP contribution in [-0.2, 0) is 6.54 Å². The van der Waals surface area contributed by atoms with Crippen LogP contribution in [0.25, 0.3) is 0 Å². The number of halogens is 1. The summed E-state index contributed by atoms with van der Waals surface area (Å²) >= 11 is 0. The van der Waals surface area contributed by atoms with Crippen LogP contribution in [0.2, 0.25) is 0 Å². The van der Waals surface area contributed by atoms with Gasteiger partial charge in [-0.3, -0.25) is 4.90 Å². The molecule has 1 aliphatic rings. The van der Waals surface area contributed by atoms with Crippen molar-refractivity contribution in [2.75, 3.05) is 6.54 Å². The SMILES string of the molecule is CC1(C)C(N)CCN1Cc1ccccc1F. The van der Waals surface area contributed by atoms with Crippen LogP contribution in [0.4, 0.5) is 4.39 Å². The highest BCUT2D eigenvalue weighted by Crippen LogP contribution is 2.29. The fraction of sp³-hybridized carbons (Fsp3) is 0.538. The van der Waals surface area contributed by atoms with Crippen molar-refractivity contribution in [2.45, 2.75) is 38.4 Å². The second kappa shape index (κ2) is 4.15. The Kier molecular flexibility index (Phi) is 3.00. The number of benzene rings is 1. The van der Waals surface area contributed by atoms with Crippen molar-refractivity contribution in [3.63, 3.8) is 0 Å². The number of hydrogen-bond donors (Lipinski definition) is 1. The normalized spacial score (nSPS) is 24.9. The van der Waals surface area contributed by atoms with Gasteiger partial charge in [-0.1, -0.05) is 18.2 Å². The molecule has 0 aliphatic carbocycles. The first kappa shape index (κ1) is 11.6. The molecule has 0 saturated carbocycles. The summed E-state index contributed by atoms with van der Waals surface area (Å²) in [5.74, 6) is -0.126. The van der Waals surface area contributed by atoms with Gasteiger partial charge >= 0.3 is 0 Å². The standard InChI is InChI=1S/C13H19FN2/c1-13(2)12(15)7-8-16(13)9-10-5-3-4-6-11(10)14/h3-6,12H,7-9,15H2,1-2H3. The molecule has 88 valence electrons. The summed E-state index contributed by atoms with van der Waals surface area (Å²) in [6.07, 6.45) is 0.988. The van der Waals surface area contributed by atoms with E-state index in [1.807, 2.05) is 12.1 Å². The molecule has 0 amide bonds. The molecule has 16 heavy (non-hydrogen) atoms. The van der Waals surface area contributed by atoms with Crippen LogP contribution in [-0.4, -0.2) is 23.0 Å². The Labute approximate surface area is 96.2 Å². The van der Waals surface area contributed by atoms with Crippen molar-refractivity contribution < 1.29 is 4.39 Å². The molecule has 2 rings (SSSR count). The summed E-state index contributed by atoms with van der Waals surface area (Å²) in [5, 5.41) is 0. The van der Waals surface area contributed by atoms with Crippen LogP contribution in [0.1, 0.15) is 25.8 Å². The van der Waals surface area contributed by atoms with Crippen molar-refractivity contribution in [1.29, 1.82) is 0 Å². The lowest BCUT2D eigenvalue weighted by Gasteiger charge is -2.34. The van der Waals surface area contributed by atoms with Gasteiger partial charge < -0.3 is 5.73 Å². The maximum absolute atomic E-state index is 13.5. The first-order valence-electron chi connectivity index (χ1n) is 5.76. The lowest BCUT2D eigenvalue weighted by atomic mass is 9.96. The number of nitrogens with two attached hydrogens (primary N) is 1. The van der Waals surface area contributed by atoms with E-state index < -0.39 is 0 Å². The summed E-state index contributed by atoms with van der Waals surface area (Å²) in [6.45, 7) is 5.85. The lowest BCUT2D eigenvalue weighted by Crippen LogP contribution is -2.48. The van der Waals surface area contributed by atoms with Gasteiger partial charge in [0, 0.05) is 30.2 Å². The molecule has 0 spiro atoms. The third-order valence-electron chi connectivity index (χ3n) is 3.75. The molecule has 1 heterocycles. The monoisotopic (exact) mass is 222 g/mol. The lowest BCUT2D eigenvalue weighted by molar-refractivity contribution is 0.152. The van der Waals surface area contributed by atoms with Gasteiger partial charge in [-0.25, -0.2) is 4.39 Å². The maximum atomic E-state index is 13.5. The minimum atomic E-state index is -0.126. The van der Waals surface area contributed by atoms with Crippen LogP contribution < -0.4 is 5.73 Å². The zero-order valence-electron chi connectivity index (χ0n) is 9.91. The summed E-state index contributed by atoms with van der Waals surface area (Å²) in [7, 11) is 0. The van der Waals surface area contributed by atoms with Gasteiger partial charge in [-0.05, 0) is 26.3 Å². The van der Waals surface area contributed by atoms with Crippen molar-refractivity contribution in [1.82, 2.24) is 4.90 Å². The molecular weight excluding hydrogens is 203 g/mol. The van der Waals surface area contributed by atoms with E-state index in [2.05, 4.69) is 18.7 Å². The van der Waals surface area contributed by atoms with Crippen molar-refractivity contribution in [2.24, 2.45) is 5.73 Å². The third kappa shape index (κ3) is 1.97. The predicted octanol–water partition coefficient (Wildman–Crippen LogP) is 2.14. The summed E-state index contributed by atoms with van der Waals surface area (Å²) < 4.78 is 13.5. The third-order valence-corrected chi connectivity index (χ3v) is 3.75. The van der Waals surface area contributed by atoms with Crippen LogP contribution >= 0.6 is 0 Å². The summed E-state index contributed by atoms with van der Waals surface area (Å²) in [6, 6.07) is 7.13. The number of nitrogens with zero attached hydrogens (tertiary/aromatic N) is 1. The Morgan fingerprint density at radius 1 is 1.44 bits per heavy atom. The highest BCUT2D eigenvalue weighted by molar-refractivity contribution is 5.18. The number of rotatable bonds is 2. The quantitative estimate of drug-likeness (QED) is 0.830. The molecule has 0 radical (unpaired) electrons. The highest BCUT2D eigenvalue weighted by atomic mass is 19.1. The van der Waals surface area contributed by atoms with Crippen molar-refractivity contribution in [3.8, 4) is 0 Å². The summed E-state index contributed by atoms with van der Waals surface area (Å²) in [4.78, 5) is 2.26. The fourth-order valence-corrected chi connectivity index (χ4v) is 2.29. The predicted molar refractivity (Wildman–Crippen MR) is 63.5 cm³/mol. The van der Waals surface area contributed by atoms with E-state index in [0.717, 1.165) is 18.5 Å². The van der Waals surface area contributed by atoms with Crippen LogP contribution in [0.3, 0.4) is 0 Å². The average molecular weight is 222 g/mol. The minimum Gasteiger partial charge on any atom is -0.326 e. The van der Waals surface area contributed by atoms with Crippen LogP contribution in [0.15, 0.2) is 24.3 Å². The maximum Gasteiger partial charge on any atom is 0.127 e. The summed E-state index contributed by atoms with van der Waals surface area (Å²) in [5.41, 5.74) is 6.77. The first-order chi connectivity index (χ1) is 7.51. The van der Waals surface area contributed by atoms with E-state index >= 15 is 0 Å². The van der Waals surface area contributed by atoms with Gasteiger partial charge in [0.2, 0.25) is 0 Å².